The minimum atomic E-state index is -1.65. The van der Waals surface area contributed by atoms with Gasteiger partial charge in [0.25, 0.3) is 5.79 Å². The monoisotopic (exact) mass is 273 g/mol. The van der Waals surface area contributed by atoms with E-state index in [2.05, 4.69) is 5.32 Å². The molecule has 1 saturated heterocycles. The maximum atomic E-state index is 11.8. The van der Waals surface area contributed by atoms with E-state index in [1.807, 2.05) is 0 Å². The normalized spacial score (nSPS) is 20.2. The molecule has 106 valence electrons. The third kappa shape index (κ3) is 3.94. The number of ether oxygens (including phenoxy) is 2. The third-order valence-electron chi connectivity index (χ3n) is 2.36. The van der Waals surface area contributed by atoms with Gasteiger partial charge in [-0.3, -0.25) is 14.4 Å². The molecule has 8 nitrogen and oxygen atoms in total. The Kier molecular flexibility index (Phi) is 4.13. The number of carbonyl (C=O) groups is 4. The summed E-state index contributed by atoms with van der Waals surface area (Å²) < 4.78 is 9.60. The highest BCUT2D eigenvalue weighted by Crippen LogP contribution is 2.24. The molecule has 0 aromatic heterocycles. The molecule has 1 amide bonds. The first-order valence-electron chi connectivity index (χ1n) is 5.60. The zero-order valence-electron chi connectivity index (χ0n) is 10.8. The Morgan fingerprint density at radius 1 is 1.32 bits per heavy atom. The first-order chi connectivity index (χ1) is 8.62. The van der Waals surface area contributed by atoms with Crippen molar-refractivity contribution in [1.82, 2.24) is 5.32 Å². The predicted octanol–water partition coefficient (Wildman–Crippen LogP) is 0.0540. The number of carbonyl (C=O) groups excluding carboxylic acids is 3. The van der Waals surface area contributed by atoms with Crippen LogP contribution >= 0.6 is 0 Å². The van der Waals surface area contributed by atoms with Crippen LogP contribution in [0.5, 0.6) is 0 Å². The van der Waals surface area contributed by atoms with Gasteiger partial charge in [0.1, 0.15) is 0 Å². The minimum Gasteiger partial charge on any atom is -0.465 e. The van der Waals surface area contributed by atoms with E-state index in [-0.39, 0.29) is 6.42 Å². The molecule has 1 unspecified atom stereocenters. The first-order valence-corrected chi connectivity index (χ1v) is 5.60. The predicted molar refractivity (Wildman–Crippen MR) is 60.0 cm³/mol. The second kappa shape index (κ2) is 5.25. The highest BCUT2D eigenvalue weighted by molar-refractivity contribution is 6.16. The zero-order chi connectivity index (χ0) is 14.8. The van der Waals surface area contributed by atoms with Gasteiger partial charge < -0.3 is 19.9 Å². The fraction of sp³-hybridized carbons (Fsp3) is 0.636. The van der Waals surface area contributed by atoms with Gasteiger partial charge in [0.15, 0.2) is 5.78 Å². The van der Waals surface area contributed by atoms with Crippen LogP contribution in [0.1, 0.15) is 27.2 Å². The van der Waals surface area contributed by atoms with Crippen molar-refractivity contribution in [2.75, 3.05) is 0 Å². The number of ketones is 1. The number of esters is 2. The van der Waals surface area contributed by atoms with Gasteiger partial charge >= 0.3 is 18.0 Å². The number of nitrogens with one attached hydrogen (secondary N) is 1. The Morgan fingerprint density at radius 2 is 1.79 bits per heavy atom. The Balaban J connectivity index is 2.69. The van der Waals surface area contributed by atoms with Crippen molar-refractivity contribution in [3.63, 3.8) is 0 Å². The van der Waals surface area contributed by atoms with Crippen LogP contribution in [0.4, 0.5) is 4.79 Å². The fourth-order valence-corrected chi connectivity index (χ4v) is 1.66. The average molecular weight is 273 g/mol. The summed E-state index contributed by atoms with van der Waals surface area (Å²) in [5.74, 6) is -5.74. The summed E-state index contributed by atoms with van der Waals surface area (Å²) in [5.41, 5.74) is 0. The lowest BCUT2D eigenvalue weighted by Crippen LogP contribution is -2.50. The van der Waals surface area contributed by atoms with Crippen molar-refractivity contribution >= 4 is 23.8 Å². The second-order valence-electron chi connectivity index (χ2n) is 4.70. The lowest BCUT2D eigenvalue weighted by atomic mass is 9.97. The van der Waals surface area contributed by atoms with Gasteiger partial charge in [-0.25, -0.2) is 4.79 Å². The number of carboxylic acid groups (broad SMARTS) is 1. The fourth-order valence-electron chi connectivity index (χ4n) is 1.66. The van der Waals surface area contributed by atoms with E-state index in [1.165, 1.54) is 20.8 Å². The van der Waals surface area contributed by atoms with Crippen LogP contribution in [0, 0.1) is 5.92 Å². The largest absolute Gasteiger partial charge is 0.465 e. The number of hydrogen-bond donors (Lipinski definition) is 2. The summed E-state index contributed by atoms with van der Waals surface area (Å²) in [6, 6.07) is -0.722. The van der Waals surface area contributed by atoms with Crippen molar-refractivity contribution in [3.8, 4) is 0 Å². The van der Waals surface area contributed by atoms with Gasteiger partial charge in [0.05, 0.1) is 0 Å². The molecule has 0 aliphatic carbocycles. The molecule has 0 aromatic carbocycles. The Morgan fingerprint density at radius 3 is 2.21 bits per heavy atom. The first kappa shape index (κ1) is 14.9. The number of hydrogen-bond acceptors (Lipinski definition) is 6. The summed E-state index contributed by atoms with van der Waals surface area (Å²) in [4.78, 5) is 45.3. The van der Waals surface area contributed by atoms with E-state index in [1.54, 1.807) is 0 Å². The lowest BCUT2D eigenvalue weighted by Gasteiger charge is -2.32. The molecular weight excluding hydrogens is 258 g/mol. The van der Waals surface area contributed by atoms with Crippen LogP contribution in [0.3, 0.4) is 0 Å². The smallest absolute Gasteiger partial charge is 0.404 e. The molecule has 1 atom stereocenters. The van der Waals surface area contributed by atoms with Crippen molar-refractivity contribution < 1.29 is 33.8 Å². The van der Waals surface area contributed by atoms with Crippen LogP contribution < -0.4 is 5.32 Å². The molecular formula is C11H15NO7. The van der Waals surface area contributed by atoms with E-state index in [4.69, 9.17) is 14.6 Å². The van der Waals surface area contributed by atoms with Crippen LogP contribution in [0.25, 0.3) is 0 Å². The summed E-state index contributed by atoms with van der Waals surface area (Å²) in [7, 11) is 0. The third-order valence-corrected chi connectivity index (χ3v) is 2.36. The number of cyclic esters (lactones) is 2. The lowest BCUT2D eigenvalue weighted by molar-refractivity contribution is -0.238. The topological polar surface area (TPSA) is 119 Å². The molecule has 1 fully saturated rings. The summed E-state index contributed by atoms with van der Waals surface area (Å²) in [6.07, 6.45) is -1.60. The van der Waals surface area contributed by atoms with Gasteiger partial charge in [-0.15, -0.1) is 0 Å². The van der Waals surface area contributed by atoms with Crippen LogP contribution in [0.2, 0.25) is 0 Å². The van der Waals surface area contributed by atoms with E-state index < -0.39 is 41.6 Å². The highest BCUT2D eigenvalue weighted by atomic mass is 16.7. The summed E-state index contributed by atoms with van der Waals surface area (Å²) >= 11 is 0. The van der Waals surface area contributed by atoms with Crippen molar-refractivity contribution in [2.45, 2.75) is 39.0 Å². The van der Waals surface area contributed by atoms with Crippen LogP contribution in [-0.4, -0.2) is 40.8 Å². The van der Waals surface area contributed by atoms with Crippen molar-refractivity contribution in [2.24, 2.45) is 5.92 Å². The van der Waals surface area contributed by atoms with Crippen LogP contribution in [-0.2, 0) is 23.9 Å². The molecule has 1 rings (SSSR count). The van der Waals surface area contributed by atoms with E-state index in [0.717, 1.165) is 0 Å². The van der Waals surface area contributed by atoms with Gasteiger partial charge in [-0.05, 0) is 6.92 Å². The molecule has 1 aliphatic rings. The number of Topliss-reactive ketones (excluding diaryl/α,β-unsaturated/α-hetero) is 1. The zero-order valence-corrected chi connectivity index (χ0v) is 10.8. The SMILES string of the molecule is CC(CC(=O)C1C(=O)OC(C)(C)OC1=O)NC(=O)O. The minimum absolute atomic E-state index is 0.304. The summed E-state index contributed by atoms with van der Waals surface area (Å²) in [5, 5.41) is 10.5. The molecule has 0 aromatic rings. The van der Waals surface area contributed by atoms with Crippen LogP contribution in [0.15, 0.2) is 0 Å². The molecule has 19 heavy (non-hydrogen) atoms. The van der Waals surface area contributed by atoms with E-state index in [0.29, 0.717) is 0 Å². The molecule has 0 saturated carbocycles. The van der Waals surface area contributed by atoms with Gasteiger partial charge in [-0.2, -0.15) is 0 Å². The number of rotatable bonds is 4. The quantitative estimate of drug-likeness (QED) is 0.548. The molecule has 2 N–H and O–H groups in total. The van der Waals surface area contributed by atoms with E-state index >= 15 is 0 Å². The average Bonchev–Trinajstić information content (AvgIpc) is 2.10. The van der Waals surface area contributed by atoms with Gasteiger partial charge in [0.2, 0.25) is 5.92 Å². The Labute approximate surface area is 109 Å². The standard InChI is InChI=1S/C11H15NO7/c1-5(12-10(16)17)4-6(13)7-8(14)18-11(2,3)19-9(7)15/h5,7,12H,4H2,1-3H3,(H,16,17). The molecule has 0 bridgehead atoms. The molecule has 1 aliphatic heterocycles. The molecule has 1 heterocycles. The molecule has 8 heteroatoms. The molecule has 0 spiro atoms. The number of amides is 1. The van der Waals surface area contributed by atoms with Crippen molar-refractivity contribution in [3.05, 3.63) is 0 Å². The maximum absolute atomic E-state index is 11.8. The Bertz CT molecular complexity index is 409. The molecule has 0 radical (unpaired) electrons. The second-order valence-corrected chi connectivity index (χ2v) is 4.70. The van der Waals surface area contributed by atoms with Crippen molar-refractivity contribution in [1.29, 1.82) is 0 Å². The Hall–Kier alpha value is -2.12. The summed E-state index contributed by atoms with van der Waals surface area (Å²) in [6.45, 7) is 4.19. The van der Waals surface area contributed by atoms with Gasteiger partial charge in [-0.1, -0.05) is 0 Å². The van der Waals surface area contributed by atoms with E-state index in [9.17, 15) is 19.2 Å². The maximum Gasteiger partial charge on any atom is 0.404 e. The van der Waals surface area contributed by atoms with Gasteiger partial charge in [0, 0.05) is 26.3 Å². The highest BCUT2D eigenvalue weighted by Gasteiger charge is 2.47.